The Bertz CT molecular complexity index is 314. The second-order valence-corrected chi connectivity index (χ2v) is 2.95. The first-order valence-electron chi connectivity index (χ1n) is 3.79. The molecule has 0 aromatic heterocycles. The van der Waals surface area contributed by atoms with Crippen LogP contribution in [0.15, 0.2) is 30.3 Å². The molecule has 0 bridgehead atoms. The zero-order chi connectivity index (χ0) is 9.68. The van der Waals surface area contributed by atoms with E-state index in [4.69, 9.17) is 16.7 Å². The van der Waals surface area contributed by atoms with Gasteiger partial charge in [-0.1, -0.05) is 29.8 Å². The van der Waals surface area contributed by atoms with Gasteiger partial charge in [-0.05, 0) is 23.8 Å². The van der Waals surface area contributed by atoms with Gasteiger partial charge in [-0.15, -0.1) is 0 Å². The van der Waals surface area contributed by atoms with Crippen LogP contribution in [0.4, 0.5) is 0 Å². The number of rotatable bonds is 3. The third-order valence-electron chi connectivity index (χ3n) is 1.49. The topological polar surface area (TPSA) is 37.3 Å². The van der Waals surface area contributed by atoms with Gasteiger partial charge in [0.1, 0.15) is 6.61 Å². The number of aliphatic hydroxyl groups excluding tert-OH is 1. The van der Waals surface area contributed by atoms with Crippen LogP contribution in [-0.2, 0) is 4.79 Å². The zero-order valence-electron chi connectivity index (χ0n) is 6.90. The van der Waals surface area contributed by atoms with Gasteiger partial charge in [0.25, 0.3) is 0 Å². The van der Waals surface area contributed by atoms with Gasteiger partial charge >= 0.3 is 0 Å². The number of hydrogen-bond acceptors (Lipinski definition) is 2. The summed E-state index contributed by atoms with van der Waals surface area (Å²) < 4.78 is 0. The highest BCUT2D eigenvalue weighted by Crippen LogP contribution is 2.10. The maximum Gasteiger partial charge on any atom is 0.181 e. The quantitative estimate of drug-likeness (QED) is 0.750. The Hall–Kier alpha value is -1.12. The zero-order valence-corrected chi connectivity index (χ0v) is 7.66. The van der Waals surface area contributed by atoms with Gasteiger partial charge in [0.15, 0.2) is 5.78 Å². The van der Waals surface area contributed by atoms with Crippen molar-refractivity contribution in [3.05, 3.63) is 40.9 Å². The molecule has 0 aliphatic rings. The Morgan fingerprint density at radius 3 is 2.54 bits per heavy atom. The summed E-state index contributed by atoms with van der Waals surface area (Å²) in [5.74, 6) is -0.310. The van der Waals surface area contributed by atoms with Gasteiger partial charge in [-0.25, -0.2) is 0 Å². The lowest BCUT2D eigenvalue weighted by atomic mass is 10.2. The first kappa shape index (κ1) is 9.96. The van der Waals surface area contributed by atoms with E-state index in [0.29, 0.717) is 5.02 Å². The lowest BCUT2D eigenvalue weighted by Gasteiger charge is -1.92. The van der Waals surface area contributed by atoms with Gasteiger partial charge < -0.3 is 5.11 Å². The molecule has 0 saturated heterocycles. The molecule has 0 heterocycles. The second-order valence-electron chi connectivity index (χ2n) is 2.51. The fourth-order valence-electron chi connectivity index (χ4n) is 0.816. The third kappa shape index (κ3) is 3.40. The molecule has 0 radical (unpaired) electrons. The maximum absolute atomic E-state index is 10.7. The average Bonchev–Trinajstić information content (AvgIpc) is 2.16. The first-order chi connectivity index (χ1) is 6.22. The van der Waals surface area contributed by atoms with Crippen LogP contribution >= 0.6 is 11.6 Å². The Morgan fingerprint density at radius 1 is 1.38 bits per heavy atom. The van der Waals surface area contributed by atoms with Crippen molar-refractivity contribution < 1.29 is 9.90 Å². The van der Waals surface area contributed by atoms with Crippen molar-refractivity contribution in [2.24, 2.45) is 0 Å². The third-order valence-corrected chi connectivity index (χ3v) is 1.74. The molecule has 0 unspecified atom stereocenters. The number of halogens is 1. The first-order valence-corrected chi connectivity index (χ1v) is 4.17. The summed E-state index contributed by atoms with van der Waals surface area (Å²) in [6, 6.07) is 7.07. The minimum Gasteiger partial charge on any atom is -0.388 e. The van der Waals surface area contributed by atoms with Gasteiger partial charge in [0, 0.05) is 5.02 Å². The van der Waals surface area contributed by atoms with Crippen LogP contribution in [0.3, 0.4) is 0 Å². The molecule has 1 aromatic rings. The molecule has 0 spiro atoms. The Kier molecular flexibility index (Phi) is 3.68. The van der Waals surface area contributed by atoms with Crippen LogP contribution in [-0.4, -0.2) is 17.5 Å². The summed E-state index contributed by atoms with van der Waals surface area (Å²) in [6.07, 6.45) is 2.97. The summed E-state index contributed by atoms with van der Waals surface area (Å²) in [5.41, 5.74) is 0.881. The van der Waals surface area contributed by atoms with Gasteiger partial charge in [-0.2, -0.15) is 0 Å². The summed E-state index contributed by atoms with van der Waals surface area (Å²) in [6.45, 7) is -0.454. The molecular weight excluding hydrogens is 188 g/mol. The van der Waals surface area contributed by atoms with E-state index in [0.717, 1.165) is 5.56 Å². The standard InChI is InChI=1S/C10H9ClO2/c11-9-4-1-8(2-5-9)3-6-10(13)7-12/h1-6,12H,7H2/b6-3+. The minimum atomic E-state index is -0.454. The van der Waals surface area contributed by atoms with Crippen LogP contribution in [0.25, 0.3) is 6.08 Å². The van der Waals surface area contributed by atoms with E-state index in [1.807, 2.05) is 0 Å². The molecule has 0 fully saturated rings. The number of hydrogen-bond donors (Lipinski definition) is 1. The molecular formula is C10H9ClO2. The summed E-state index contributed by atoms with van der Waals surface area (Å²) in [5, 5.41) is 9.09. The van der Waals surface area contributed by atoms with Crippen molar-refractivity contribution in [3.63, 3.8) is 0 Å². The van der Waals surface area contributed by atoms with E-state index in [2.05, 4.69) is 0 Å². The van der Waals surface area contributed by atoms with Crippen LogP contribution < -0.4 is 0 Å². The maximum atomic E-state index is 10.7. The Morgan fingerprint density at radius 2 is 2.00 bits per heavy atom. The lowest BCUT2D eigenvalue weighted by Crippen LogP contribution is -1.97. The monoisotopic (exact) mass is 196 g/mol. The van der Waals surface area contributed by atoms with E-state index >= 15 is 0 Å². The summed E-state index contributed by atoms with van der Waals surface area (Å²) in [4.78, 5) is 10.7. The molecule has 1 rings (SSSR count). The van der Waals surface area contributed by atoms with Crippen molar-refractivity contribution in [1.82, 2.24) is 0 Å². The highest BCUT2D eigenvalue weighted by molar-refractivity contribution is 6.30. The Balaban J connectivity index is 2.69. The van der Waals surface area contributed by atoms with Crippen molar-refractivity contribution >= 4 is 23.5 Å². The molecule has 3 heteroatoms. The van der Waals surface area contributed by atoms with Crippen LogP contribution in [0.1, 0.15) is 5.56 Å². The van der Waals surface area contributed by atoms with E-state index in [-0.39, 0.29) is 5.78 Å². The molecule has 68 valence electrons. The highest BCUT2D eigenvalue weighted by Gasteiger charge is 1.91. The van der Waals surface area contributed by atoms with Crippen molar-refractivity contribution in [1.29, 1.82) is 0 Å². The highest BCUT2D eigenvalue weighted by atomic mass is 35.5. The van der Waals surface area contributed by atoms with E-state index in [1.54, 1.807) is 30.3 Å². The summed E-state index contributed by atoms with van der Waals surface area (Å²) >= 11 is 5.67. The fourth-order valence-corrected chi connectivity index (χ4v) is 0.942. The van der Waals surface area contributed by atoms with Gasteiger partial charge in [-0.3, -0.25) is 4.79 Å². The van der Waals surface area contributed by atoms with E-state index in [1.165, 1.54) is 6.08 Å². The molecule has 1 N–H and O–H groups in total. The normalized spacial score (nSPS) is 10.6. The molecule has 1 aromatic carbocycles. The van der Waals surface area contributed by atoms with Gasteiger partial charge in [0.2, 0.25) is 0 Å². The predicted octanol–water partition coefficient (Wildman–Crippen LogP) is 1.91. The molecule has 0 aliphatic carbocycles. The number of aliphatic hydroxyl groups is 1. The summed E-state index contributed by atoms with van der Waals surface area (Å²) in [7, 11) is 0. The number of ketones is 1. The molecule has 0 amide bonds. The van der Waals surface area contributed by atoms with Crippen molar-refractivity contribution in [2.75, 3.05) is 6.61 Å². The Labute approximate surface area is 81.5 Å². The molecule has 0 aliphatic heterocycles. The van der Waals surface area contributed by atoms with E-state index < -0.39 is 6.61 Å². The predicted molar refractivity (Wildman–Crippen MR) is 52.6 cm³/mol. The van der Waals surface area contributed by atoms with Crippen molar-refractivity contribution in [3.8, 4) is 0 Å². The van der Waals surface area contributed by atoms with Crippen LogP contribution in [0.5, 0.6) is 0 Å². The SMILES string of the molecule is O=C(/C=C/c1ccc(Cl)cc1)CO. The average molecular weight is 197 g/mol. The number of carbonyl (C=O) groups excluding carboxylic acids is 1. The minimum absolute atomic E-state index is 0.310. The molecule has 13 heavy (non-hydrogen) atoms. The van der Waals surface area contributed by atoms with Crippen molar-refractivity contribution in [2.45, 2.75) is 0 Å². The molecule has 0 atom stereocenters. The molecule has 2 nitrogen and oxygen atoms in total. The number of benzene rings is 1. The smallest absolute Gasteiger partial charge is 0.181 e. The van der Waals surface area contributed by atoms with Gasteiger partial charge in [0.05, 0.1) is 0 Å². The lowest BCUT2D eigenvalue weighted by molar-refractivity contribution is -0.117. The number of carbonyl (C=O) groups is 1. The second kappa shape index (κ2) is 4.80. The largest absolute Gasteiger partial charge is 0.388 e. The molecule has 0 saturated carbocycles. The van der Waals surface area contributed by atoms with Crippen LogP contribution in [0, 0.1) is 0 Å². The van der Waals surface area contributed by atoms with Crippen LogP contribution in [0.2, 0.25) is 5.02 Å². The fraction of sp³-hybridized carbons (Fsp3) is 0.100. The van der Waals surface area contributed by atoms with E-state index in [9.17, 15) is 4.79 Å².